The number of carbonyl (C=O) groups excluding carboxylic acids is 1. The molecule has 1 aromatic rings. The van der Waals surface area contributed by atoms with Gasteiger partial charge in [0.15, 0.2) is 6.54 Å². The van der Waals surface area contributed by atoms with Crippen LogP contribution in [0.25, 0.3) is 0 Å². The van der Waals surface area contributed by atoms with Crippen molar-refractivity contribution in [3.8, 4) is 0 Å². The Hall–Kier alpha value is -1.43. The third-order valence-corrected chi connectivity index (χ3v) is 5.59. The maximum absolute atomic E-state index is 12.6. The molecule has 1 amide bonds. The summed E-state index contributed by atoms with van der Waals surface area (Å²) in [6.45, 7) is 8.65. The van der Waals surface area contributed by atoms with Gasteiger partial charge in [0.2, 0.25) is 0 Å². The van der Waals surface area contributed by atoms with Gasteiger partial charge >= 0.3 is 0 Å². The number of carbonyl (C=O) groups is 1. The molecule has 0 spiro atoms. The number of ether oxygens (including phenoxy) is 1. The summed E-state index contributed by atoms with van der Waals surface area (Å²) in [5.41, 5.74) is 1.30. The topological polar surface area (TPSA) is 47.2 Å². The van der Waals surface area contributed by atoms with E-state index in [2.05, 4.69) is 42.6 Å². The Kier molecular flexibility index (Phi) is 6.84. The lowest BCUT2D eigenvalue weighted by atomic mass is 9.98. The fourth-order valence-electron chi connectivity index (χ4n) is 4.33. The van der Waals surface area contributed by atoms with Crippen LogP contribution in [0, 0.1) is 0 Å². The van der Waals surface area contributed by atoms with Gasteiger partial charge in [-0.05, 0) is 26.2 Å². The van der Waals surface area contributed by atoms with Crippen molar-refractivity contribution in [2.24, 2.45) is 0 Å². The third-order valence-electron chi connectivity index (χ3n) is 5.59. The minimum Gasteiger partial charge on any atom is -0.370 e. The quantitative estimate of drug-likeness (QED) is 0.632. The Morgan fingerprint density at radius 2 is 1.76 bits per heavy atom. The van der Waals surface area contributed by atoms with E-state index in [1.165, 1.54) is 34.6 Å². The summed E-state index contributed by atoms with van der Waals surface area (Å²) in [6, 6.07) is 11.0. The Morgan fingerprint density at radius 3 is 2.44 bits per heavy atom. The highest BCUT2D eigenvalue weighted by Crippen LogP contribution is 2.14. The summed E-state index contributed by atoms with van der Waals surface area (Å²) < 4.78 is 5.54. The van der Waals surface area contributed by atoms with Crippen LogP contribution in [0.1, 0.15) is 37.8 Å². The molecule has 138 valence electrons. The van der Waals surface area contributed by atoms with E-state index < -0.39 is 0 Å². The average Bonchev–Trinajstić information content (AvgIpc) is 2.64. The fourth-order valence-corrected chi connectivity index (χ4v) is 4.33. The van der Waals surface area contributed by atoms with Crippen LogP contribution < -0.4 is 15.1 Å². The molecule has 5 heteroatoms. The first-order chi connectivity index (χ1) is 12.2. The minimum absolute atomic E-state index is 0.118. The van der Waals surface area contributed by atoms with E-state index in [4.69, 9.17) is 4.74 Å². The second kappa shape index (κ2) is 9.32. The van der Waals surface area contributed by atoms with Gasteiger partial charge in [-0.1, -0.05) is 30.3 Å². The molecule has 5 nitrogen and oxygen atoms in total. The number of hydrogen-bond acceptors (Lipinski definition) is 2. The summed E-state index contributed by atoms with van der Waals surface area (Å²) in [5, 5.41) is 3.30. The number of rotatable bonds is 6. The van der Waals surface area contributed by atoms with Crippen LogP contribution in [0.5, 0.6) is 0 Å². The van der Waals surface area contributed by atoms with E-state index in [-0.39, 0.29) is 18.0 Å². The number of hydrogen-bond donors (Lipinski definition) is 3. The molecule has 0 bridgehead atoms. The SMILES string of the molecule is C[C@H](NC(=O)C[NH+]1CCCCC1)[C@@H](c1ccccc1)[NH+]1CCOCC1. The molecular formula is C20H33N3O2+2. The highest BCUT2D eigenvalue weighted by molar-refractivity contribution is 5.77. The normalized spacial score (nSPS) is 22.3. The molecule has 0 aromatic heterocycles. The first-order valence-corrected chi connectivity index (χ1v) is 9.84. The maximum Gasteiger partial charge on any atom is 0.275 e. The lowest BCUT2D eigenvalue weighted by Gasteiger charge is -2.35. The van der Waals surface area contributed by atoms with Crippen LogP contribution in [0.3, 0.4) is 0 Å². The van der Waals surface area contributed by atoms with Gasteiger partial charge in [0, 0.05) is 5.56 Å². The molecule has 2 aliphatic rings. The van der Waals surface area contributed by atoms with Crippen LogP contribution in [-0.2, 0) is 9.53 Å². The predicted molar refractivity (Wildman–Crippen MR) is 97.7 cm³/mol. The molecule has 3 N–H and O–H groups in total. The summed E-state index contributed by atoms with van der Waals surface area (Å²) in [5.74, 6) is 0.193. The molecule has 1 aromatic carbocycles. The number of likely N-dealkylation sites (tertiary alicyclic amines) is 1. The number of benzene rings is 1. The Balaban J connectivity index is 1.63. The van der Waals surface area contributed by atoms with E-state index >= 15 is 0 Å². The van der Waals surface area contributed by atoms with Gasteiger partial charge in [-0.3, -0.25) is 4.79 Å². The van der Waals surface area contributed by atoms with Gasteiger partial charge in [-0.15, -0.1) is 0 Å². The molecule has 0 saturated carbocycles. The van der Waals surface area contributed by atoms with Gasteiger partial charge in [-0.2, -0.15) is 0 Å². The van der Waals surface area contributed by atoms with Crippen molar-refractivity contribution in [2.45, 2.75) is 38.3 Å². The van der Waals surface area contributed by atoms with Gasteiger partial charge in [0.25, 0.3) is 5.91 Å². The molecule has 2 atom stereocenters. The lowest BCUT2D eigenvalue weighted by Crippen LogP contribution is -3.16. The van der Waals surface area contributed by atoms with Crippen LogP contribution in [-0.4, -0.2) is 57.9 Å². The van der Waals surface area contributed by atoms with Gasteiger partial charge in [0.1, 0.15) is 19.1 Å². The zero-order valence-corrected chi connectivity index (χ0v) is 15.4. The van der Waals surface area contributed by atoms with Crippen molar-refractivity contribution in [1.29, 1.82) is 0 Å². The number of quaternary nitrogens is 2. The highest BCUT2D eigenvalue weighted by Gasteiger charge is 2.32. The molecule has 2 fully saturated rings. The number of amides is 1. The number of nitrogens with one attached hydrogen (secondary N) is 3. The maximum atomic E-state index is 12.6. The monoisotopic (exact) mass is 347 g/mol. The van der Waals surface area contributed by atoms with E-state index in [0.29, 0.717) is 6.54 Å². The van der Waals surface area contributed by atoms with Gasteiger partial charge in [0.05, 0.1) is 32.3 Å². The average molecular weight is 348 g/mol. The van der Waals surface area contributed by atoms with Crippen molar-refractivity contribution >= 4 is 5.91 Å². The number of morpholine rings is 1. The number of piperidine rings is 1. The Labute approximate surface area is 151 Å². The van der Waals surface area contributed by atoms with Crippen LogP contribution in [0.15, 0.2) is 30.3 Å². The predicted octanol–water partition coefficient (Wildman–Crippen LogP) is -0.784. The smallest absolute Gasteiger partial charge is 0.275 e. The van der Waals surface area contributed by atoms with Crippen LogP contribution in [0.4, 0.5) is 0 Å². The van der Waals surface area contributed by atoms with Crippen LogP contribution in [0.2, 0.25) is 0 Å². The molecule has 0 unspecified atom stereocenters. The van der Waals surface area contributed by atoms with Crippen LogP contribution >= 0.6 is 0 Å². The van der Waals surface area contributed by atoms with E-state index in [1.54, 1.807) is 0 Å². The van der Waals surface area contributed by atoms with Crippen molar-refractivity contribution < 1.29 is 19.3 Å². The zero-order chi connectivity index (χ0) is 17.5. The summed E-state index contributed by atoms with van der Waals surface area (Å²) in [4.78, 5) is 15.5. The lowest BCUT2D eigenvalue weighted by molar-refractivity contribution is -0.940. The minimum atomic E-state index is 0.118. The molecular weight excluding hydrogens is 314 g/mol. The van der Waals surface area contributed by atoms with Gasteiger partial charge in [-0.25, -0.2) is 0 Å². The molecule has 25 heavy (non-hydrogen) atoms. The van der Waals surface area contributed by atoms with E-state index in [1.807, 2.05) is 0 Å². The molecule has 2 aliphatic heterocycles. The fraction of sp³-hybridized carbons (Fsp3) is 0.650. The van der Waals surface area contributed by atoms with E-state index in [9.17, 15) is 4.79 Å². The van der Waals surface area contributed by atoms with E-state index in [0.717, 1.165) is 39.4 Å². The second-order valence-electron chi connectivity index (χ2n) is 7.50. The zero-order valence-electron chi connectivity index (χ0n) is 15.4. The summed E-state index contributed by atoms with van der Waals surface area (Å²) >= 11 is 0. The highest BCUT2D eigenvalue weighted by atomic mass is 16.5. The third kappa shape index (κ3) is 5.27. The van der Waals surface area contributed by atoms with Crippen molar-refractivity contribution in [3.63, 3.8) is 0 Å². The molecule has 2 heterocycles. The van der Waals surface area contributed by atoms with Crippen molar-refractivity contribution in [3.05, 3.63) is 35.9 Å². The first kappa shape index (κ1) is 18.4. The largest absolute Gasteiger partial charge is 0.370 e. The van der Waals surface area contributed by atoms with Crippen molar-refractivity contribution in [2.75, 3.05) is 45.9 Å². The summed E-state index contributed by atoms with van der Waals surface area (Å²) in [6.07, 6.45) is 3.82. The van der Waals surface area contributed by atoms with Gasteiger partial charge < -0.3 is 19.9 Å². The molecule has 3 rings (SSSR count). The van der Waals surface area contributed by atoms with Crippen molar-refractivity contribution in [1.82, 2.24) is 5.32 Å². The molecule has 0 radical (unpaired) electrons. The Bertz CT molecular complexity index is 525. The Morgan fingerprint density at radius 1 is 1.08 bits per heavy atom. The standard InChI is InChI=1S/C20H31N3O2/c1-17(21-19(24)16-22-10-6-3-7-11-22)20(18-8-4-2-5-9-18)23-12-14-25-15-13-23/h2,4-5,8-9,17,20H,3,6-7,10-16H2,1H3,(H,21,24)/p+2/t17-,20-/m0/s1. The summed E-state index contributed by atoms with van der Waals surface area (Å²) in [7, 11) is 0. The molecule has 0 aliphatic carbocycles. The second-order valence-corrected chi connectivity index (χ2v) is 7.50. The molecule has 2 saturated heterocycles. The first-order valence-electron chi connectivity index (χ1n) is 9.84.